The minimum absolute atomic E-state index is 0.104. The number of anilines is 3. The number of nitrogens with one attached hydrogen (secondary N) is 1. The first-order valence-electron chi connectivity index (χ1n) is 9.14. The Morgan fingerprint density at radius 2 is 1.70 bits per heavy atom. The molecule has 140 valence electrons. The van der Waals surface area contributed by atoms with Crippen molar-refractivity contribution in [3.05, 3.63) is 71.9 Å². The van der Waals surface area contributed by atoms with Crippen molar-refractivity contribution in [1.29, 1.82) is 0 Å². The molecule has 0 fully saturated rings. The molecule has 0 saturated carbocycles. The Kier molecular flexibility index (Phi) is 5.91. The molecule has 0 aliphatic carbocycles. The number of ether oxygens (including phenoxy) is 1. The van der Waals surface area contributed by atoms with Crippen molar-refractivity contribution in [3.63, 3.8) is 0 Å². The van der Waals surface area contributed by atoms with E-state index in [4.69, 9.17) is 9.72 Å². The van der Waals surface area contributed by atoms with Gasteiger partial charge in [-0.15, -0.1) is 0 Å². The van der Waals surface area contributed by atoms with Crippen LogP contribution < -0.4 is 15.0 Å². The molecule has 0 radical (unpaired) electrons. The third kappa shape index (κ3) is 5.20. The zero-order valence-corrected chi connectivity index (χ0v) is 16.3. The summed E-state index contributed by atoms with van der Waals surface area (Å²) in [6.07, 6.45) is 0.104. The number of nitrogens with zero attached hydrogens (tertiary/aromatic N) is 3. The predicted octanol–water partition coefficient (Wildman–Crippen LogP) is 4.95. The number of rotatable bonds is 7. The van der Waals surface area contributed by atoms with Crippen molar-refractivity contribution in [3.8, 4) is 5.75 Å². The molecule has 1 aromatic heterocycles. The van der Waals surface area contributed by atoms with Gasteiger partial charge < -0.3 is 15.0 Å². The van der Waals surface area contributed by atoms with Gasteiger partial charge in [-0.3, -0.25) is 0 Å². The van der Waals surface area contributed by atoms with Crippen LogP contribution in [0.3, 0.4) is 0 Å². The third-order valence-corrected chi connectivity index (χ3v) is 3.96. The Balaban J connectivity index is 1.82. The van der Waals surface area contributed by atoms with Crippen LogP contribution in [0.5, 0.6) is 5.75 Å². The Morgan fingerprint density at radius 1 is 1.00 bits per heavy atom. The monoisotopic (exact) mass is 362 g/mol. The van der Waals surface area contributed by atoms with Gasteiger partial charge in [0.15, 0.2) is 0 Å². The van der Waals surface area contributed by atoms with Crippen molar-refractivity contribution in [2.75, 3.05) is 17.3 Å². The molecule has 0 bridgehead atoms. The van der Waals surface area contributed by atoms with Gasteiger partial charge in [-0.05, 0) is 38.5 Å². The maximum Gasteiger partial charge on any atom is 0.227 e. The summed E-state index contributed by atoms with van der Waals surface area (Å²) in [5, 5.41) is 3.38. The van der Waals surface area contributed by atoms with Gasteiger partial charge in [-0.1, -0.05) is 42.5 Å². The van der Waals surface area contributed by atoms with Crippen LogP contribution in [0.2, 0.25) is 0 Å². The highest BCUT2D eigenvalue weighted by Gasteiger charge is 2.11. The first-order valence-corrected chi connectivity index (χ1v) is 9.14. The quantitative estimate of drug-likeness (QED) is 0.644. The van der Waals surface area contributed by atoms with Crippen molar-refractivity contribution >= 4 is 17.5 Å². The van der Waals surface area contributed by atoms with E-state index in [-0.39, 0.29) is 6.10 Å². The van der Waals surface area contributed by atoms with Gasteiger partial charge in [-0.25, -0.2) is 4.98 Å². The second-order valence-electron chi connectivity index (χ2n) is 6.82. The first kappa shape index (κ1) is 18.7. The van der Waals surface area contributed by atoms with E-state index in [9.17, 15) is 0 Å². The average molecular weight is 362 g/mol. The highest BCUT2D eigenvalue weighted by atomic mass is 16.5. The molecular weight excluding hydrogens is 336 g/mol. The average Bonchev–Trinajstić information content (AvgIpc) is 2.63. The topological polar surface area (TPSA) is 50.3 Å². The lowest BCUT2D eigenvalue weighted by atomic mass is 10.2. The molecule has 0 aliphatic rings. The molecule has 2 aromatic carbocycles. The maximum absolute atomic E-state index is 5.89. The van der Waals surface area contributed by atoms with Crippen LogP contribution >= 0.6 is 0 Å². The lowest BCUT2D eigenvalue weighted by Crippen LogP contribution is -2.20. The highest BCUT2D eigenvalue weighted by Crippen LogP contribution is 2.28. The molecule has 1 N–H and O–H groups in total. The molecule has 0 aliphatic heterocycles. The Morgan fingerprint density at radius 3 is 2.44 bits per heavy atom. The van der Waals surface area contributed by atoms with Crippen LogP contribution in [0, 0.1) is 6.92 Å². The van der Waals surface area contributed by atoms with Crippen LogP contribution in [-0.4, -0.2) is 23.1 Å². The van der Waals surface area contributed by atoms with Gasteiger partial charge >= 0.3 is 0 Å². The van der Waals surface area contributed by atoms with E-state index < -0.39 is 0 Å². The zero-order chi connectivity index (χ0) is 19.2. The molecule has 0 unspecified atom stereocenters. The van der Waals surface area contributed by atoms with E-state index in [2.05, 4.69) is 22.4 Å². The van der Waals surface area contributed by atoms with E-state index in [1.54, 1.807) is 0 Å². The van der Waals surface area contributed by atoms with Crippen molar-refractivity contribution in [1.82, 2.24) is 9.97 Å². The third-order valence-electron chi connectivity index (χ3n) is 3.96. The summed E-state index contributed by atoms with van der Waals surface area (Å²) in [5.74, 6) is 2.24. The Bertz CT molecular complexity index is 880. The molecule has 3 aromatic rings. The summed E-state index contributed by atoms with van der Waals surface area (Å²) >= 11 is 0. The highest BCUT2D eigenvalue weighted by molar-refractivity contribution is 5.64. The van der Waals surface area contributed by atoms with E-state index in [1.165, 1.54) is 5.56 Å². The van der Waals surface area contributed by atoms with Crippen LogP contribution in [-0.2, 0) is 6.54 Å². The first-order chi connectivity index (χ1) is 13.0. The summed E-state index contributed by atoms with van der Waals surface area (Å²) in [7, 11) is 2.00. The summed E-state index contributed by atoms with van der Waals surface area (Å²) < 4.78 is 5.89. The van der Waals surface area contributed by atoms with Crippen molar-refractivity contribution in [2.45, 2.75) is 33.4 Å². The largest absolute Gasteiger partial charge is 0.489 e. The standard InChI is InChI=1S/C22H26N4O/c1-16(2)27-20-13-9-8-12-19(20)24-21-14-17(3)23-22(25-21)26(4)15-18-10-6-5-7-11-18/h5-14,16H,15H2,1-4H3,(H,23,24,25). The van der Waals surface area contributed by atoms with Crippen molar-refractivity contribution in [2.24, 2.45) is 0 Å². The number of benzene rings is 2. The van der Waals surface area contributed by atoms with Gasteiger partial charge in [0.05, 0.1) is 11.8 Å². The Hall–Kier alpha value is -3.08. The minimum Gasteiger partial charge on any atom is -0.489 e. The second kappa shape index (κ2) is 8.54. The van der Waals surface area contributed by atoms with E-state index in [0.29, 0.717) is 5.95 Å². The van der Waals surface area contributed by atoms with Gasteiger partial charge in [0, 0.05) is 25.4 Å². The van der Waals surface area contributed by atoms with E-state index in [0.717, 1.165) is 29.5 Å². The van der Waals surface area contributed by atoms with Gasteiger partial charge in [0.1, 0.15) is 11.6 Å². The minimum atomic E-state index is 0.104. The summed E-state index contributed by atoms with van der Waals surface area (Å²) in [5.41, 5.74) is 3.01. The molecule has 0 atom stereocenters. The molecule has 1 heterocycles. The van der Waals surface area contributed by atoms with Crippen molar-refractivity contribution < 1.29 is 4.74 Å². The number of hydrogen-bond acceptors (Lipinski definition) is 5. The van der Waals surface area contributed by atoms with Gasteiger partial charge in [-0.2, -0.15) is 4.98 Å². The van der Waals surface area contributed by atoms with Crippen LogP contribution in [0.25, 0.3) is 0 Å². The molecule has 0 saturated heterocycles. The van der Waals surface area contributed by atoms with Crippen LogP contribution in [0.15, 0.2) is 60.7 Å². The number of para-hydroxylation sites is 2. The molecule has 5 nitrogen and oxygen atoms in total. The lowest BCUT2D eigenvalue weighted by molar-refractivity contribution is 0.244. The van der Waals surface area contributed by atoms with Crippen LogP contribution in [0.1, 0.15) is 25.1 Å². The smallest absolute Gasteiger partial charge is 0.227 e. The fraction of sp³-hybridized carbons (Fsp3) is 0.273. The van der Waals surface area contributed by atoms with E-state index in [1.807, 2.05) is 81.2 Å². The van der Waals surface area contributed by atoms with E-state index >= 15 is 0 Å². The number of aryl methyl sites for hydroxylation is 1. The maximum atomic E-state index is 5.89. The summed E-state index contributed by atoms with van der Waals surface area (Å²) in [6.45, 7) is 6.75. The summed E-state index contributed by atoms with van der Waals surface area (Å²) in [6, 6.07) is 20.1. The van der Waals surface area contributed by atoms with Gasteiger partial charge in [0.2, 0.25) is 5.95 Å². The predicted molar refractivity (Wildman–Crippen MR) is 111 cm³/mol. The number of hydrogen-bond donors (Lipinski definition) is 1. The molecule has 3 rings (SSSR count). The SMILES string of the molecule is Cc1cc(Nc2ccccc2OC(C)C)nc(N(C)Cc2ccccc2)n1. The van der Waals surface area contributed by atoms with Crippen LogP contribution in [0.4, 0.5) is 17.5 Å². The Labute approximate surface area is 161 Å². The fourth-order valence-corrected chi connectivity index (χ4v) is 2.78. The molecule has 0 spiro atoms. The number of aromatic nitrogens is 2. The normalized spacial score (nSPS) is 10.7. The zero-order valence-electron chi connectivity index (χ0n) is 16.3. The molecule has 5 heteroatoms. The lowest BCUT2D eigenvalue weighted by Gasteiger charge is -2.19. The van der Waals surface area contributed by atoms with Gasteiger partial charge in [0.25, 0.3) is 0 Å². The summed E-state index contributed by atoms with van der Waals surface area (Å²) in [4.78, 5) is 11.3. The second-order valence-corrected chi connectivity index (χ2v) is 6.82. The molecule has 27 heavy (non-hydrogen) atoms. The fourth-order valence-electron chi connectivity index (χ4n) is 2.78. The molecular formula is C22H26N4O. The molecule has 0 amide bonds.